The number of nitriles is 1. The second kappa shape index (κ2) is 7.26. The molecule has 26 heavy (non-hydrogen) atoms. The number of nitrogens with zero attached hydrogens (tertiary/aromatic N) is 3. The molecule has 7 nitrogen and oxygen atoms in total. The topological polar surface area (TPSA) is 119 Å². The van der Waals surface area contributed by atoms with Gasteiger partial charge in [0.25, 0.3) is 0 Å². The Morgan fingerprint density at radius 1 is 1.42 bits per heavy atom. The molecule has 0 aliphatic heterocycles. The van der Waals surface area contributed by atoms with Crippen LogP contribution in [0.4, 0.5) is 0 Å². The van der Waals surface area contributed by atoms with E-state index in [9.17, 15) is 13.2 Å². The normalized spacial score (nSPS) is 15.8. The van der Waals surface area contributed by atoms with Crippen molar-refractivity contribution in [2.45, 2.75) is 30.2 Å². The number of hydrogen-bond acceptors (Lipinski definition) is 5. The van der Waals surface area contributed by atoms with Gasteiger partial charge in [-0.2, -0.15) is 0 Å². The molecule has 9 heteroatoms. The first kappa shape index (κ1) is 18.7. The number of rotatable bonds is 7. The Balaban J connectivity index is 1.89. The summed E-state index contributed by atoms with van der Waals surface area (Å²) in [7, 11) is -3.24. The second-order valence-electron chi connectivity index (χ2n) is 6.42. The zero-order valence-corrected chi connectivity index (χ0v) is 17.1. The van der Waals surface area contributed by atoms with Crippen molar-refractivity contribution in [1.29, 1.82) is 5.26 Å². The van der Waals surface area contributed by atoms with E-state index in [0.717, 1.165) is 17.2 Å². The Kier molecular flexibility index (Phi) is 5.21. The van der Waals surface area contributed by atoms with Gasteiger partial charge in [-0.25, -0.2) is 0 Å². The van der Waals surface area contributed by atoms with Crippen molar-refractivity contribution in [1.82, 2.24) is 9.78 Å². The van der Waals surface area contributed by atoms with Gasteiger partial charge in [0.1, 0.15) is 0 Å². The van der Waals surface area contributed by atoms with E-state index in [-0.39, 0.29) is 10.9 Å². The molecule has 2 unspecified atom stereocenters. The first-order valence-electron chi connectivity index (χ1n) is 8.12. The van der Waals surface area contributed by atoms with E-state index in [1.54, 1.807) is 35.1 Å². The van der Waals surface area contributed by atoms with Crippen LogP contribution >= 0.6 is 0 Å². The number of aromatic nitrogens is 2. The summed E-state index contributed by atoms with van der Waals surface area (Å²) in [4.78, 5) is 12.1. The van der Waals surface area contributed by atoms with E-state index in [2.05, 4.69) is 11.2 Å². The van der Waals surface area contributed by atoms with Gasteiger partial charge < -0.3 is 0 Å². The van der Waals surface area contributed by atoms with E-state index in [1.165, 1.54) is 6.26 Å². The van der Waals surface area contributed by atoms with Crippen molar-refractivity contribution in [3.63, 3.8) is 0 Å². The molecular formula is C17H19AsN4O3S. The molecule has 2 atom stereocenters. The number of hydrogen-bond donors (Lipinski definition) is 1. The molecule has 136 valence electrons. The number of primary amides is 1. The van der Waals surface area contributed by atoms with E-state index in [0.29, 0.717) is 22.4 Å². The molecule has 1 aliphatic carbocycles. The quantitative estimate of drug-likeness (QED) is 0.597. The standard InChI is InChI=1S/C17H19AsN4O3S/c1-26(24,25)13-6-4-12(5-7-13)18-16-14(17(20)23)10-22(21-16)15(8-9-19)11-2-3-11/h4-7,10-11,15,18H,2-3,8H2,1H3,(H2,20,23). The summed E-state index contributed by atoms with van der Waals surface area (Å²) in [5, 5.41) is 13.6. The Morgan fingerprint density at radius 3 is 2.58 bits per heavy atom. The van der Waals surface area contributed by atoms with Crippen LogP contribution in [0.1, 0.15) is 35.7 Å². The Morgan fingerprint density at radius 2 is 2.08 bits per heavy atom. The molecule has 1 aromatic carbocycles. The molecule has 0 radical (unpaired) electrons. The van der Waals surface area contributed by atoms with Crippen LogP contribution < -0.4 is 14.6 Å². The monoisotopic (exact) mass is 434 g/mol. The van der Waals surface area contributed by atoms with Crippen LogP contribution in [0.5, 0.6) is 0 Å². The van der Waals surface area contributed by atoms with Gasteiger partial charge in [0, 0.05) is 0 Å². The average Bonchev–Trinajstić information content (AvgIpc) is 3.32. The van der Waals surface area contributed by atoms with Crippen molar-refractivity contribution >= 4 is 40.3 Å². The summed E-state index contributed by atoms with van der Waals surface area (Å²) >= 11 is -0.959. The van der Waals surface area contributed by atoms with Crippen LogP contribution in [0.3, 0.4) is 0 Å². The van der Waals surface area contributed by atoms with Crippen LogP contribution in [0, 0.1) is 17.2 Å². The van der Waals surface area contributed by atoms with Crippen molar-refractivity contribution in [2.24, 2.45) is 11.7 Å². The molecule has 1 heterocycles. The Labute approximate surface area is 158 Å². The number of carbonyl (C=O) groups excluding carboxylic acids is 1. The molecule has 0 bridgehead atoms. The third-order valence-corrected chi connectivity index (χ3v) is 8.05. The molecule has 3 rings (SSSR count). The molecular weight excluding hydrogens is 415 g/mol. The van der Waals surface area contributed by atoms with E-state index >= 15 is 0 Å². The van der Waals surface area contributed by atoms with Gasteiger partial charge >= 0.3 is 159 Å². The van der Waals surface area contributed by atoms with Gasteiger partial charge in [-0.1, -0.05) is 0 Å². The van der Waals surface area contributed by atoms with Crippen molar-refractivity contribution in [3.8, 4) is 6.07 Å². The summed E-state index contributed by atoms with van der Waals surface area (Å²) < 4.78 is 26.5. The third-order valence-electron chi connectivity index (χ3n) is 4.35. The predicted octanol–water partition coefficient (Wildman–Crippen LogP) is -0.362. The van der Waals surface area contributed by atoms with Crippen LogP contribution in [-0.4, -0.2) is 46.1 Å². The summed E-state index contributed by atoms with van der Waals surface area (Å²) in [6.45, 7) is 0. The number of benzene rings is 1. The summed E-state index contributed by atoms with van der Waals surface area (Å²) in [5.74, 6) is -0.105. The van der Waals surface area contributed by atoms with E-state index in [4.69, 9.17) is 11.0 Å². The van der Waals surface area contributed by atoms with E-state index < -0.39 is 31.5 Å². The average molecular weight is 434 g/mol. The zero-order valence-electron chi connectivity index (χ0n) is 14.2. The van der Waals surface area contributed by atoms with Gasteiger partial charge in [-0.05, 0) is 0 Å². The fraction of sp³-hybridized carbons (Fsp3) is 0.353. The summed E-state index contributed by atoms with van der Waals surface area (Å²) in [5.41, 5.74) is 5.90. The molecule has 1 aromatic heterocycles. The van der Waals surface area contributed by atoms with Gasteiger partial charge in [-0.15, -0.1) is 0 Å². The fourth-order valence-corrected chi connectivity index (χ4v) is 5.73. The molecule has 0 saturated heterocycles. The van der Waals surface area contributed by atoms with Gasteiger partial charge in [-0.3, -0.25) is 0 Å². The van der Waals surface area contributed by atoms with Crippen molar-refractivity contribution in [2.75, 3.05) is 6.26 Å². The van der Waals surface area contributed by atoms with Gasteiger partial charge in [0.15, 0.2) is 0 Å². The predicted molar refractivity (Wildman–Crippen MR) is 98.7 cm³/mol. The number of carbonyl (C=O) groups is 1. The fourth-order valence-electron chi connectivity index (χ4n) is 2.81. The molecule has 1 fully saturated rings. The number of nitrogens with two attached hydrogens (primary N) is 1. The Bertz CT molecular complexity index is 972. The first-order valence-corrected chi connectivity index (χ1v) is 12.1. The van der Waals surface area contributed by atoms with Crippen molar-refractivity contribution < 1.29 is 13.2 Å². The van der Waals surface area contributed by atoms with Crippen LogP contribution in [0.25, 0.3) is 0 Å². The second-order valence-corrected chi connectivity index (χ2v) is 11.2. The molecule has 1 aliphatic rings. The molecule has 2 N–H and O–H groups in total. The Hall–Kier alpha value is -2.10. The van der Waals surface area contributed by atoms with Crippen LogP contribution in [0.15, 0.2) is 35.4 Å². The maximum atomic E-state index is 11.8. The first-order chi connectivity index (χ1) is 12.3. The SMILES string of the molecule is CS(=O)(=O)c1ccc([AsH]c2nn(C(CC#N)C3CC3)cc2C(N)=O)cc1. The molecule has 0 spiro atoms. The summed E-state index contributed by atoms with van der Waals surface area (Å²) in [6.07, 6.45) is 5.31. The summed E-state index contributed by atoms with van der Waals surface area (Å²) in [6, 6.07) is 8.82. The zero-order chi connectivity index (χ0) is 18.9. The number of amides is 1. The maximum absolute atomic E-state index is 11.8. The molecule has 1 saturated carbocycles. The van der Waals surface area contributed by atoms with Crippen molar-refractivity contribution in [3.05, 3.63) is 36.0 Å². The molecule has 2 aromatic rings. The minimum absolute atomic E-state index is 0.0222. The van der Waals surface area contributed by atoms with Gasteiger partial charge in [0.05, 0.1) is 0 Å². The third kappa shape index (κ3) is 4.17. The van der Waals surface area contributed by atoms with Gasteiger partial charge in [0.2, 0.25) is 0 Å². The minimum atomic E-state index is -3.24. The number of sulfone groups is 1. The molecule has 1 amide bonds. The van der Waals surface area contributed by atoms with Crippen LogP contribution in [0.2, 0.25) is 0 Å². The van der Waals surface area contributed by atoms with E-state index in [1.807, 2.05) is 0 Å². The van der Waals surface area contributed by atoms with Crippen LogP contribution in [-0.2, 0) is 9.84 Å².